The van der Waals surface area contributed by atoms with E-state index in [0.29, 0.717) is 25.3 Å². The fourth-order valence-corrected chi connectivity index (χ4v) is 5.73. The number of amides is 2. The quantitative estimate of drug-likeness (QED) is 0.543. The van der Waals surface area contributed by atoms with Crippen LogP contribution in [0.15, 0.2) is 59.5 Å². The van der Waals surface area contributed by atoms with E-state index in [-0.39, 0.29) is 22.3 Å². The maximum atomic E-state index is 12.8. The van der Waals surface area contributed by atoms with Crippen molar-refractivity contribution >= 4 is 21.7 Å². The molecule has 0 bridgehead atoms. The van der Waals surface area contributed by atoms with Crippen LogP contribution in [0.4, 0.5) is 13.2 Å². The zero-order valence-corrected chi connectivity index (χ0v) is 19.0. The molecule has 1 aliphatic carbocycles. The second kappa shape index (κ2) is 10.6. The summed E-state index contributed by atoms with van der Waals surface area (Å²) in [4.78, 5) is 24.9. The van der Waals surface area contributed by atoms with E-state index in [9.17, 15) is 31.2 Å². The summed E-state index contributed by atoms with van der Waals surface area (Å²) >= 11 is 0. The first kappa shape index (κ1) is 25.7. The minimum absolute atomic E-state index is 0.188. The topological polar surface area (TPSA) is 118 Å². The molecule has 11 heteroatoms. The Morgan fingerprint density at radius 1 is 1.03 bits per heavy atom. The summed E-state index contributed by atoms with van der Waals surface area (Å²) in [6.45, 7) is -0.463. The van der Waals surface area contributed by atoms with E-state index < -0.39 is 51.9 Å². The van der Waals surface area contributed by atoms with Gasteiger partial charge in [0.1, 0.15) is 0 Å². The Morgan fingerprint density at radius 2 is 1.74 bits per heavy atom. The molecule has 0 radical (unpaired) electrons. The number of carbonyl (C=O) groups excluding carboxylic acids is 2. The molecule has 0 aliphatic heterocycles. The van der Waals surface area contributed by atoms with Crippen LogP contribution in [-0.2, 0) is 20.8 Å². The number of sulfone groups is 1. The lowest BCUT2D eigenvalue weighted by molar-refractivity contribution is -0.137. The second-order valence-electron chi connectivity index (χ2n) is 8.36. The van der Waals surface area contributed by atoms with Crippen molar-refractivity contribution in [2.45, 2.75) is 42.4 Å². The fourth-order valence-electron chi connectivity index (χ4n) is 4.04. The Morgan fingerprint density at radius 3 is 2.41 bits per heavy atom. The Bertz CT molecular complexity index is 1120. The highest BCUT2D eigenvalue weighted by molar-refractivity contribution is 7.91. The number of carbonyl (C=O) groups is 2. The molecule has 34 heavy (non-hydrogen) atoms. The molecule has 0 spiro atoms. The zero-order valence-electron chi connectivity index (χ0n) is 18.2. The van der Waals surface area contributed by atoms with Crippen molar-refractivity contribution in [1.29, 1.82) is 0 Å². The fraction of sp³-hybridized carbons (Fsp3) is 0.391. The number of hydrogen-bond acceptors (Lipinski definition) is 5. The van der Waals surface area contributed by atoms with Crippen molar-refractivity contribution in [3.63, 3.8) is 0 Å². The van der Waals surface area contributed by atoms with Crippen molar-refractivity contribution in [3.8, 4) is 0 Å². The van der Waals surface area contributed by atoms with E-state index in [1.165, 1.54) is 18.2 Å². The molecule has 184 valence electrons. The smallest absolute Gasteiger partial charge is 0.352 e. The molecule has 3 rings (SSSR count). The van der Waals surface area contributed by atoms with E-state index in [1.54, 1.807) is 18.2 Å². The van der Waals surface area contributed by atoms with Gasteiger partial charge in [-0.05, 0) is 55.5 Å². The standard InChI is InChI=1S/C23H26F3N3O4S/c24-23(25,26)17-6-4-5-15(11-17)22(31)28-13-21(30)29-20-10-9-18(27)12-16(20)14-34(32,33)19-7-2-1-3-8-19/h1-8,11,16,18,20H,9-10,12-14,27H2,(H,28,31)(H,29,30)/t16-,18+,20-/m0/s1. The van der Waals surface area contributed by atoms with Crippen LogP contribution in [0, 0.1) is 5.92 Å². The van der Waals surface area contributed by atoms with E-state index in [4.69, 9.17) is 5.73 Å². The minimum Gasteiger partial charge on any atom is -0.352 e. The number of hydrogen-bond donors (Lipinski definition) is 3. The summed E-state index contributed by atoms with van der Waals surface area (Å²) < 4.78 is 64.2. The predicted octanol–water partition coefficient (Wildman–Crippen LogP) is 2.52. The van der Waals surface area contributed by atoms with Gasteiger partial charge < -0.3 is 16.4 Å². The van der Waals surface area contributed by atoms with E-state index >= 15 is 0 Å². The lowest BCUT2D eigenvalue weighted by Gasteiger charge is -2.35. The average Bonchev–Trinajstić information content (AvgIpc) is 2.79. The van der Waals surface area contributed by atoms with Gasteiger partial charge in [0.2, 0.25) is 5.91 Å². The largest absolute Gasteiger partial charge is 0.416 e. The maximum absolute atomic E-state index is 12.8. The first-order valence-electron chi connectivity index (χ1n) is 10.7. The number of alkyl halides is 3. The second-order valence-corrected chi connectivity index (χ2v) is 10.4. The Balaban J connectivity index is 1.61. The van der Waals surface area contributed by atoms with Crippen LogP contribution in [0.25, 0.3) is 0 Å². The first-order valence-corrected chi connectivity index (χ1v) is 12.4. The Hall–Kier alpha value is -2.92. The maximum Gasteiger partial charge on any atom is 0.416 e. The number of benzene rings is 2. The van der Waals surface area contributed by atoms with Gasteiger partial charge in [-0.3, -0.25) is 9.59 Å². The van der Waals surface area contributed by atoms with Gasteiger partial charge in [0.15, 0.2) is 9.84 Å². The van der Waals surface area contributed by atoms with Crippen molar-refractivity contribution in [3.05, 3.63) is 65.7 Å². The zero-order chi connectivity index (χ0) is 24.9. The van der Waals surface area contributed by atoms with E-state index in [2.05, 4.69) is 10.6 Å². The van der Waals surface area contributed by atoms with E-state index in [0.717, 1.165) is 12.1 Å². The van der Waals surface area contributed by atoms with Gasteiger partial charge in [-0.1, -0.05) is 24.3 Å². The third-order valence-electron chi connectivity index (χ3n) is 5.77. The molecule has 2 amide bonds. The van der Waals surface area contributed by atoms with Crippen LogP contribution in [0.2, 0.25) is 0 Å². The van der Waals surface area contributed by atoms with Crippen molar-refractivity contribution < 1.29 is 31.2 Å². The summed E-state index contributed by atoms with van der Waals surface area (Å²) in [6.07, 6.45) is -3.11. The summed E-state index contributed by atoms with van der Waals surface area (Å²) in [5.74, 6) is -2.00. The lowest BCUT2D eigenvalue weighted by Crippen LogP contribution is -2.50. The van der Waals surface area contributed by atoms with Crippen molar-refractivity contribution in [1.82, 2.24) is 10.6 Å². The summed E-state index contributed by atoms with van der Waals surface area (Å²) in [7, 11) is -3.60. The highest BCUT2D eigenvalue weighted by Gasteiger charge is 2.34. The number of nitrogens with two attached hydrogens (primary N) is 1. The van der Waals surface area contributed by atoms with Gasteiger partial charge >= 0.3 is 6.18 Å². The van der Waals surface area contributed by atoms with Gasteiger partial charge in [0.05, 0.1) is 22.8 Å². The summed E-state index contributed by atoms with van der Waals surface area (Å²) in [5.41, 5.74) is 4.85. The van der Waals surface area contributed by atoms with Gasteiger partial charge in [0.25, 0.3) is 5.91 Å². The molecule has 4 N–H and O–H groups in total. The van der Waals surface area contributed by atoms with Crippen LogP contribution < -0.4 is 16.4 Å². The van der Waals surface area contributed by atoms with Crippen molar-refractivity contribution in [2.75, 3.05) is 12.3 Å². The average molecular weight is 498 g/mol. The highest BCUT2D eigenvalue weighted by atomic mass is 32.2. The number of rotatable bonds is 7. The molecule has 0 saturated heterocycles. The number of halogens is 3. The lowest BCUT2D eigenvalue weighted by atomic mass is 9.83. The van der Waals surface area contributed by atoms with Gasteiger partial charge in [-0.15, -0.1) is 0 Å². The molecule has 0 unspecified atom stereocenters. The summed E-state index contributed by atoms with van der Waals surface area (Å²) in [6, 6.07) is 11.2. The molecule has 3 atom stereocenters. The SMILES string of the molecule is N[C@@H]1CC[C@H](NC(=O)CNC(=O)c2cccc(C(F)(F)F)c2)[C@H](CS(=O)(=O)c2ccccc2)C1. The highest BCUT2D eigenvalue weighted by Crippen LogP contribution is 2.30. The molecule has 1 aliphatic rings. The van der Waals surface area contributed by atoms with Crippen LogP contribution in [0.5, 0.6) is 0 Å². The summed E-state index contributed by atoms with van der Waals surface area (Å²) in [5, 5.41) is 5.06. The van der Waals surface area contributed by atoms with Crippen molar-refractivity contribution in [2.24, 2.45) is 11.7 Å². The predicted molar refractivity (Wildman–Crippen MR) is 120 cm³/mol. The molecule has 1 fully saturated rings. The molecule has 0 aromatic heterocycles. The van der Waals surface area contributed by atoms with Crippen LogP contribution >= 0.6 is 0 Å². The normalized spacial score (nSPS) is 21.0. The number of nitrogens with one attached hydrogen (secondary N) is 2. The third-order valence-corrected chi connectivity index (χ3v) is 7.62. The molecular formula is C23H26F3N3O4S. The van der Waals surface area contributed by atoms with Gasteiger partial charge in [-0.25, -0.2) is 8.42 Å². The van der Waals surface area contributed by atoms with Gasteiger partial charge in [-0.2, -0.15) is 13.2 Å². The minimum atomic E-state index is -4.59. The Labute approximate surface area is 195 Å². The molecule has 2 aromatic rings. The Kier molecular flexibility index (Phi) is 7.98. The van der Waals surface area contributed by atoms with Crippen LogP contribution in [0.1, 0.15) is 35.2 Å². The first-order chi connectivity index (χ1) is 16.0. The third kappa shape index (κ3) is 6.80. The van der Waals surface area contributed by atoms with E-state index in [1.807, 2.05) is 0 Å². The van der Waals surface area contributed by atoms with Gasteiger partial charge in [0, 0.05) is 17.6 Å². The monoisotopic (exact) mass is 497 g/mol. The van der Waals surface area contributed by atoms with Crippen LogP contribution in [0.3, 0.4) is 0 Å². The molecular weight excluding hydrogens is 471 g/mol. The van der Waals surface area contributed by atoms with Crippen LogP contribution in [-0.4, -0.2) is 44.6 Å². The molecule has 2 aromatic carbocycles. The molecule has 1 saturated carbocycles. The molecule has 0 heterocycles. The molecule has 7 nitrogen and oxygen atoms in total.